The van der Waals surface area contributed by atoms with Gasteiger partial charge in [-0.3, -0.25) is 4.79 Å². The van der Waals surface area contributed by atoms with Gasteiger partial charge in [0.15, 0.2) is 0 Å². The van der Waals surface area contributed by atoms with Crippen LogP contribution in [0.25, 0.3) is 0 Å². The zero-order valence-corrected chi connectivity index (χ0v) is 9.61. The van der Waals surface area contributed by atoms with E-state index in [4.69, 9.17) is 16.2 Å². The molecule has 1 aliphatic rings. The number of carbonyl (C=O) groups is 1. The Bertz CT molecular complexity index is 414. The van der Waals surface area contributed by atoms with Crippen LogP contribution in [0.5, 0.6) is 0 Å². The first-order valence-electron chi connectivity index (χ1n) is 5.71. The largest absolute Gasteiger partial charge is 0.397 e. The van der Waals surface area contributed by atoms with Crippen LogP contribution >= 0.6 is 0 Å². The first-order valence-corrected chi connectivity index (χ1v) is 5.71. The Morgan fingerprint density at radius 1 is 1.53 bits per heavy atom. The lowest BCUT2D eigenvalue weighted by Crippen LogP contribution is -2.19. The molecule has 0 spiro atoms. The maximum absolute atomic E-state index is 11.0. The van der Waals surface area contributed by atoms with Crippen molar-refractivity contribution in [1.29, 1.82) is 0 Å². The van der Waals surface area contributed by atoms with Gasteiger partial charge < -0.3 is 21.5 Å². The Labute approximate surface area is 100 Å². The van der Waals surface area contributed by atoms with Gasteiger partial charge >= 0.3 is 0 Å². The molecular formula is C12H17N3O2. The summed E-state index contributed by atoms with van der Waals surface area (Å²) in [5.41, 5.74) is 12.8. The SMILES string of the molecule is NC(=O)c1ccc(NC[C@@H]2CCCO2)c(N)c1. The Balaban J connectivity index is 1.98. The molecule has 0 saturated carbocycles. The molecule has 1 amide bonds. The molecule has 17 heavy (non-hydrogen) atoms. The molecule has 5 nitrogen and oxygen atoms in total. The highest BCUT2D eigenvalue weighted by molar-refractivity contribution is 5.94. The van der Waals surface area contributed by atoms with E-state index in [1.807, 2.05) is 0 Å². The molecule has 0 aliphatic carbocycles. The summed E-state index contributed by atoms with van der Waals surface area (Å²) < 4.78 is 5.50. The van der Waals surface area contributed by atoms with E-state index >= 15 is 0 Å². The van der Waals surface area contributed by atoms with Gasteiger partial charge in [-0.1, -0.05) is 0 Å². The van der Waals surface area contributed by atoms with Gasteiger partial charge in [0, 0.05) is 18.7 Å². The highest BCUT2D eigenvalue weighted by atomic mass is 16.5. The molecule has 0 unspecified atom stereocenters. The van der Waals surface area contributed by atoms with Crippen LogP contribution in [0.15, 0.2) is 18.2 Å². The summed E-state index contributed by atoms with van der Waals surface area (Å²) in [5.74, 6) is -0.470. The highest BCUT2D eigenvalue weighted by Gasteiger charge is 2.15. The standard InChI is InChI=1S/C12H17N3O2/c13-10-6-8(12(14)16)3-4-11(10)15-7-9-2-1-5-17-9/h3-4,6,9,15H,1-2,5,7,13H2,(H2,14,16)/t9-/m0/s1. The second-order valence-electron chi connectivity index (χ2n) is 4.18. The number of primary amides is 1. The van der Waals surface area contributed by atoms with E-state index < -0.39 is 5.91 Å². The van der Waals surface area contributed by atoms with E-state index in [-0.39, 0.29) is 6.10 Å². The van der Waals surface area contributed by atoms with E-state index in [9.17, 15) is 4.79 Å². The second-order valence-corrected chi connectivity index (χ2v) is 4.18. The molecule has 1 aromatic carbocycles. The summed E-state index contributed by atoms with van der Waals surface area (Å²) in [4.78, 5) is 11.0. The van der Waals surface area contributed by atoms with Gasteiger partial charge in [0.1, 0.15) is 0 Å². The molecule has 1 fully saturated rings. The first-order chi connectivity index (χ1) is 8.16. The van der Waals surface area contributed by atoms with Gasteiger partial charge in [-0.25, -0.2) is 0 Å². The third kappa shape index (κ3) is 2.88. The molecule has 5 N–H and O–H groups in total. The van der Waals surface area contributed by atoms with Gasteiger partial charge in [-0.15, -0.1) is 0 Å². The van der Waals surface area contributed by atoms with E-state index in [1.54, 1.807) is 18.2 Å². The van der Waals surface area contributed by atoms with Crippen LogP contribution in [0.3, 0.4) is 0 Å². The van der Waals surface area contributed by atoms with Crippen molar-refractivity contribution in [2.75, 3.05) is 24.2 Å². The predicted molar refractivity (Wildman–Crippen MR) is 66.8 cm³/mol. The number of hydrogen-bond donors (Lipinski definition) is 3. The van der Waals surface area contributed by atoms with Crippen molar-refractivity contribution in [1.82, 2.24) is 0 Å². The number of nitrogen functional groups attached to an aromatic ring is 1. The molecule has 1 atom stereocenters. The molecule has 2 rings (SSSR count). The topological polar surface area (TPSA) is 90.4 Å². The smallest absolute Gasteiger partial charge is 0.248 e. The Morgan fingerprint density at radius 3 is 2.94 bits per heavy atom. The normalized spacial score (nSPS) is 19.2. The summed E-state index contributed by atoms with van der Waals surface area (Å²) in [6.07, 6.45) is 2.44. The molecule has 0 bridgehead atoms. The van der Waals surface area contributed by atoms with Crippen molar-refractivity contribution in [3.05, 3.63) is 23.8 Å². The number of carbonyl (C=O) groups excluding carboxylic acids is 1. The number of amides is 1. The fourth-order valence-corrected chi connectivity index (χ4v) is 1.91. The number of hydrogen-bond acceptors (Lipinski definition) is 4. The lowest BCUT2D eigenvalue weighted by Gasteiger charge is -2.13. The van der Waals surface area contributed by atoms with Crippen molar-refractivity contribution < 1.29 is 9.53 Å². The molecule has 0 aromatic heterocycles. The van der Waals surface area contributed by atoms with Gasteiger partial charge in [-0.2, -0.15) is 0 Å². The lowest BCUT2D eigenvalue weighted by atomic mass is 10.1. The van der Waals surface area contributed by atoms with Gasteiger partial charge in [0.05, 0.1) is 17.5 Å². The quantitative estimate of drug-likeness (QED) is 0.678. The highest BCUT2D eigenvalue weighted by Crippen LogP contribution is 2.21. The summed E-state index contributed by atoms with van der Waals surface area (Å²) in [6.45, 7) is 1.57. The van der Waals surface area contributed by atoms with Crippen LogP contribution in [0.2, 0.25) is 0 Å². The average molecular weight is 235 g/mol. The number of nitrogens with two attached hydrogens (primary N) is 2. The Kier molecular flexibility index (Phi) is 3.49. The minimum Gasteiger partial charge on any atom is -0.397 e. The predicted octanol–water partition coefficient (Wildman–Crippen LogP) is 0.959. The molecule has 1 heterocycles. The van der Waals surface area contributed by atoms with Crippen LogP contribution in [0.4, 0.5) is 11.4 Å². The third-order valence-electron chi connectivity index (χ3n) is 2.88. The number of rotatable bonds is 4. The van der Waals surface area contributed by atoms with E-state index in [2.05, 4.69) is 5.32 Å². The average Bonchev–Trinajstić information content (AvgIpc) is 2.80. The summed E-state index contributed by atoms with van der Waals surface area (Å²) in [5, 5.41) is 3.22. The minimum atomic E-state index is -0.470. The molecule has 1 aliphatic heterocycles. The van der Waals surface area contributed by atoms with Crippen molar-refractivity contribution >= 4 is 17.3 Å². The van der Waals surface area contributed by atoms with E-state index in [0.717, 1.165) is 31.7 Å². The van der Waals surface area contributed by atoms with Crippen molar-refractivity contribution in [2.24, 2.45) is 5.73 Å². The minimum absolute atomic E-state index is 0.255. The van der Waals surface area contributed by atoms with Crippen LogP contribution in [-0.4, -0.2) is 25.2 Å². The van der Waals surface area contributed by atoms with Crippen molar-refractivity contribution in [2.45, 2.75) is 18.9 Å². The van der Waals surface area contributed by atoms with Gasteiger partial charge in [-0.05, 0) is 31.0 Å². The first kappa shape index (κ1) is 11.7. The van der Waals surface area contributed by atoms with Gasteiger partial charge in [0.2, 0.25) is 5.91 Å². The van der Waals surface area contributed by atoms with Crippen LogP contribution < -0.4 is 16.8 Å². The van der Waals surface area contributed by atoms with Crippen molar-refractivity contribution in [3.8, 4) is 0 Å². The molecular weight excluding hydrogens is 218 g/mol. The number of anilines is 2. The second kappa shape index (κ2) is 5.05. The maximum atomic E-state index is 11.0. The number of benzene rings is 1. The maximum Gasteiger partial charge on any atom is 0.248 e. The summed E-state index contributed by atoms with van der Waals surface area (Å²) in [7, 11) is 0. The van der Waals surface area contributed by atoms with Gasteiger partial charge in [0.25, 0.3) is 0 Å². The van der Waals surface area contributed by atoms with E-state index in [1.165, 1.54) is 0 Å². The molecule has 0 radical (unpaired) electrons. The molecule has 5 heteroatoms. The van der Waals surface area contributed by atoms with Crippen molar-refractivity contribution in [3.63, 3.8) is 0 Å². The van der Waals surface area contributed by atoms with Crippen LogP contribution in [0.1, 0.15) is 23.2 Å². The molecule has 1 aromatic rings. The molecule has 1 saturated heterocycles. The number of nitrogens with one attached hydrogen (secondary N) is 1. The monoisotopic (exact) mass is 235 g/mol. The van der Waals surface area contributed by atoms with Crippen LogP contribution in [0, 0.1) is 0 Å². The summed E-state index contributed by atoms with van der Waals surface area (Å²) >= 11 is 0. The fourth-order valence-electron chi connectivity index (χ4n) is 1.91. The van der Waals surface area contributed by atoms with Crippen LogP contribution in [-0.2, 0) is 4.74 Å². The lowest BCUT2D eigenvalue weighted by molar-refractivity contribution is 0.100. The summed E-state index contributed by atoms with van der Waals surface area (Å²) in [6, 6.07) is 5.01. The zero-order chi connectivity index (χ0) is 12.3. The van der Waals surface area contributed by atoms with E-state index in [0.29, 0.717) is 11.3 Å². The third-order valence-corrected chi connectivity index (χ3v) is 2.88. The fraction of sp³-hybridized carbons (Fsp3) is 0.417. The Morgan fingerprint density at radius 2 is 2.35 bits per heavy atom. The Hall–Kier alpha value is -1.75. The zero-order valence-electron chi connectivity index (χ0n) is 9.61. The number of ether oxygens (including phenoxy) is 1. The molecule has 92 valence electrons.